The van der Waals surface area contributed by atoms with E-state index in [0.717, 1.165) is 6.26 Å². The van der Waals surface area contributed by atoms with Gasteiger partial charge >= 0.3 is 6.36 Å². The molecular formula is C9H7F3O2. The molecule has 0 aromatic heterocycles. The van der Waals surface area contributed by atoms with Crippen LogP contribution in [0.4, 0.5) is 13.2 Å². The number of hydrogen-bond acceptors (Lipinski definition) is 2. The largest absolute Gasteiger partial charge is 0.573 e. The van der Waals surface area contributed by atoms with Crippen LogP contribution in [0.5, 0.6) is 5.75 Å². The Kier molecular flexibility index (Phi) is 3.01. The SMILES string of the molecule is O/C=C/c1ccc(OC(F)(F)F)cc1. The first-order valence-electron chi connectivity index (χ1n) is 3.68. The molecule has 0 atom stereocenters. The van der Waals surface area contributed by atoms with Crippen LogP contribution < -0.4 is 4.74 Å². The molecule has 0 saturated carbocycles. The molecule has 1 N–H and O–H groups in total. The van der Waals surface area contributed by atoms with Gasteiger partial charge in [-0.05, 0) is 23.8 Å². The first kappa shape index (κ1) is 10.4. The Balaban J connectivity index is 2.74. The van der Waals surface area contributed by atoms with Gasteiger partial charge in [0.2, 0.25) is 0 Å². The van der Waals surface area contributed by atoms with Crippen LogP contribution in [-0.2, 0) is 0 Å². The van der Waals surface area contributed by atoms with Crippen LogP contribution in [0.1, 0.15) is 5.56 Å². The third-order valence-electron chi connectivity index (χ3n) is 1.38. The summed E-state index contributed by atoms with van der Waals surface area (Å²) in [5.41, 5.74) is 0.585. The van der Waals surface area contributed by atoms with Crippen molar-refractivity contribution < 1.29 is 23.0 Å². The van der Waals surface area contributed by atoms with Gasteiger partial charge in [0.1, 0.15) is 5.75 Å². The molecule has 0 spiro atoms. The van der Waals surface area contributed by atoms with E-state index in [0.29, 0.717) is 5.56 Å². The molecule has 0 saturated heterocycles. The number of rotatable bonds is 2. The average Bonchev–Trinajstić information content (AvgIpc) is 2.06. The third kappa shape index (κ3) is 3.38. The molecule has 1 aromatic rings. The highest BCUT2D eigenvalue weighted by Gasteiger charge is 2.30. The van der Waals surface area contributed by atoms with Gasteiger partial charge in [0, 0.05) is 0 Å². The molecule has 76 valence electrons. The molecular weight excluding hydrogens is 197 g/mol. The van der Waals surface area contributed by atoms with Gasteiger partial charge in [-0.15, -0.1) is 13.2 Å². The van der Waals surface area contributed by atoms with Gasteiger partial charge < -0.3 is 9.84 Å². The Morgan fingerprint density at radius 3 is 2.14 bits per heavy atom. The molecule has 5 heteroatoms. The third-order valence-corrected chi connectivity index (χ3v) is 1.38. The van der Waals surface area contributed by atoms with Gasteiger partial charge in [-0.3, -0.25) is 0 Å². The van der Waals surface area contributed by atoms with Crippen LogP contribution in [0, 0.1) is 0 Å². The topological polar surface area (TPSA) is 29.5 Å². The van der Waals surface area contributed by atoms with E-state index in [-0.39, 0.29) is 5.75 Å². The van der Waals surface area contributed by atoms with Crippen LogP contribution >= 0.6 is 0 Å². The van der Waals surface area contributed by atoms with Crippen LogP contribution in [-0.4, -0.2) is 11.5 Å². The first-order valence-corrected chi connectivity index (χ1v) is 3.68. The summed E-state index contributed by atoms with van der Waals surface area (Å²) < 4.78 is 38.8. The number of alkyl halides is 3. The average molecular weight is 204 g/mol. The standard InChI is InChI=1S/C9H7F3O2/c10-9(11,12)14-8-3-1-7(2-4-8)5-6-13/h1-6,13H/b6-5+. The number of ether oxygens (including phenoxy) is 1. The van der Waals surface area contributed by atoms with Crippen molar-refractivity contribution in [3.05, 3.63) is 36.1 Å². The fourth-order valence-corrected chi connectivity index (χ4v) is 0.867. The molecule has 0 bridgehead atoms. The van der Waals surface area contributed by atoms with Crippen LogP contribution in [0.2, 0.25) is 0 Å². The molecule has 0 aliphatic carbocycles. The number of benzene rings is 1. The number of hydrogen-bond donors (Lipinski definition) is 1. The van der Waals surface area contributed by atoms with Crippen molar-refractivity contribution in [1.29, 1.82) is 0 Å². The van der Waals surface area contributed by atoms with Crippen LogP contribution in [0.3, 0.4) is 0 Å². The Bertz CT molecular complexity index is 314. The molecule has 2 nitrogen and oxygen atoms in total. The van der Waals surface area contributed by atoms with Gasteiger partial charge in [0.05, 0.1) is 6.26 Å². The maximum Gasteiger partial charge on any atom is 0.573 e. The summed E-state index contributed by atoms with van der Waals surface area (Å²) in [6, 6.07) is 5.13. The summed E-state index contributed by atoms with van der Waals surface area (Å²) in [6.45, 7) is 0. The Morgan fingerprint density at radius 2 is 1.71 bits per heavy atom. The van der Waals surface area contributed by atoms with Gasteiger partial charge in [-0.1, -0.05) is 12.1 Å². The minimum Gasteiger partial charge on any atom is -0.516 e. The second kappa shape index (κ2) is 4.04. The zero-order valence-corrected chi connectivity index (χ0v) is 6.95. The van der Waals surface area contributed by atoms with Crippen molar-refractivity contribution in [1.82, 2.24) is 0 Å². The predicted octanol–water partition coefficient (Wildman–Crippen LogP) is 3.11. The number of halogens is 3. The summed E-state index contributed by atoms with van der Waals surface area (Å²) >= 11 is 0. The van der Waals surface area contributed by atoms with E-state index < -0.39 is 6.36 Å². The van der Waals surface area contributed by atoms with Crippen molar-refractivity contribution in [2.75, 3.05) is 0 Å². The molecule has 1 aromatic carbocycles. The van der Waals surface area contributed by atoms with E-state index in [1.807, 2.05) is 0 Å². The van der Waals surface area contributed by atoms with Gasteiger partial charge in [-0.25, -0.2) is 0 Å². The fraction of sp³-hybridized carbons (Fsp3) is 0.111. The summed E-state index contributed by atoms with van der Waals surface area (Å²) in [4.78, 5) is 0. The molecule has 0 aliphatic rings. The molecule has 0 unspecified atom stereocenters. The lowest BCUT2D eigenvalue weighted by molar-refractivity contribution is -0.274. The second-order valence-corrected chi connectivity index (χ2v) is 2.43. The summed E-state index contributed by atoms with van der Waals surface area (Å²) in [6.07, 6.45) is -2.52. The van der Waals surface area contributed by atoms with E-state index >= 15 is 0 Å². The molecule has 14 heavy (non-hydrogen) atoms. The highest BCUT2D eigenvalue weighted by Crippen LogP contribution is 2.22. The highest BCUT2D eigenvalue weighted by molar-refractivity contribution is 5.49. The minimum absolute atomic E-state index is 0.285. The normalized spacial score (nSPS) is 11.9. The summed E-state index contributed by atoms with van der Waals surface area (Å²) in [5, 5.41) is 8.38. The van der Waals surface area contributed by atoms with E-state index in [1.165, 1.54) is 30.3 Å². The minimum atomic E-state index is -4.67. The summed E-state index contributed by atoms with van der Waals surface area (Å²) in [7, 11) is 0. The van der Waals surface area contributed by atoms with E-state index in [9.17, 15) is 13.2 Å². The van der Waals surface area contributed by atoms with Crippen molar-refractivity contribution in [2.24, 2.45) is 0 Å². The van der Waals surface area contributed by atoms with Crippen molar-refractivity contribution >= 4 is 6.08 Å². The molecule has 0 amide bonds. The fourth-order valence-electron chi connectivity index (χ4n) is 0.867. The van der Waals surface area contributed by atoms with Crippen molar-refractivity contribution in [2.45, 2.75) is 6.36 Å². The van der Waals surface area contributed by atoms with Gasteiger partial charge in [-0.2, -0.15) is 0 Å². The quantitative estimate of drug-likeness (QED) is 0.750. The number of aliphatic hydroxyl groups is 1. The lowest BCUT2D eigenvalue weighted by Gasteiger charge is -2.08. The maximum atomic E-state index is 11.7. The smallest absolute Gasteiger partial charge is 0.516 e. The Labute approximate surface area is 78.2 Å². The van der Waals surface area contributed by atoms with Gasteiger partial charge in [0.15, 0.2) is 0 Å². The zero-order chi connectivity index (χ0) is 10.6. The molecule has 0 aliphatic heterocycles. The molecule has 1 rings (SSSR count). The van der Waals surface area contributed by atoms with Crippen LogP contribution in [0.15, 0.2) is 30.5 Å². The van der Waals surface area contributed by atoms with E-state index in [1.54, 1.807) is 0 Å². The van der Waals surface area contributed by atoms with E-state index in [2.05, 4.69) is 4.74 Å². The first-order chi connectivity index (χ1) is 6.51. The molecule has 0 heterocycles. The lowest BCUT2D eigenvalue weighted by Crippen LogP contribution is -2.16. The van der Waals surface area contributed by atoms with Crippen molar-refractivity contribution in [3.63, 3.8) is 0 Å². The van der Waals surface area contributed by atoms with E-state index in [4.69, 9.17) is 5.11 Å². The Morgan fingerprint density at radius 1 is 1.14 bits per heavy atom. The lowest BCUT2D eigenvalue weighted by atomic mass is 10.2. The highest BCUT2D eigenvalue weighted by atomic mass is 19.4. The predicted molar refractivity (Wildman–Crippen MR) is 44.8 cm³/mol. The number of aliphatic hydroxyl groups excluding tert-OH is 1. The maximum absolute atomic E-state index is 11.7. The molecule has 0 radical (unpaired) electrons. The second-order valence-electron chi connectivity index (χ2n) is 2.43. The monoisotopic (exact) mass is 204 g/mol. The van der Waals surface area contributed by atoms with Crippen molar-refractivity contribution in [3.8, 4) is 5.75 Å². The Hall–Kier alpha value is -1.65. The van der Waals surface area contributed by atoms with Gasteiger partial charge in [0.25, 0.3) is 0 Å². The summed E-state index contributed by atoms with van der Waals surface area (Å²) in [5.74, 6) is -0.285. The zero-order valence-electron chi connectivity index (χ0n) is 6.95. The molecule has 0 fully saturated rings. The van der Waals surface area contributed by atoms with Crippen LogP contribution in [0.25, 0.3) is 6.08 Å².